The van der Waals surface area contributed by atoms with Gasteiger partial charge in [0.05, 0.1) is 17.8 Å². The van der Waals surface area contributed by atoms with E-state index in [2.05, 4.69) is 29.2 Å². The maximum absolute atomic E-state index is 10.0. The highest BCUT2D eigenvalue weighted by molar-refractivity contribution is 7.98. The van der Waals surface area contributed by atoms with Gasteiger partial charge in [0.15, 0.2) is 5.82 Å². The third-order valence-corrected chi connectivity index (χ3v) is 5.15. The van der Waals surface area contributed by atoms with Crippen molar-refractivity contribution in [1.29, 1.82) is 0 Å². The molecule has 0 spiro atoms. The van der Waals surface area contributed by atoms with Crippen LogP contribution in [0.3, 0.4) is 0 Å². The Balaban J connectivity index is 1.64. The molecule has 1 aliphatic rings. The Bertz CT molecular complexity index is 599. The lowest BCUT2D eigenvalue weighted by Crippen LogP contribution is -2.22. The van der Waals surface area contributed by atoms with Gasteiger partial charge in [-0.15, -0.1) is 11.8 Å². The maximum Gasteiger partial charge on any atom is 0.232 e. The summed E-state index contributed by atoms with van der Waals surface area (Å²) in [5.74, 6) is 2.01. The van der Waals surface area contributed by atoms with Crippen molar-refractivity contribution in [1.82, 2.24) is 10.1 Å². The monoisotopic (exact) mass is 304 g/mol. The van der Waals surface area contributed by atoms with Crippen LogP contribution >= 0.6 is 11.8 Å². The van der Waals surface area contributed by atoms with Gasteiger partial charge in [-0.1, -0.05) is 36.2 Å². The minimum Gasteiger partial charge on any atom is -0.392 e. The van der Waals surface area contributed by atoms with E-state index in [-0.39, 0.29) is 12.0 Å². The van der Waals surface area contributed by atoms with Crippen LogP contribution in [0.2, 0.25) is 0 Å². The zero-order valence-electron chi connectivity index (χ0n) is 12.2. The van der Waals surface area contributed by atoms with Crippen molar-refractivity contribution in [3.63, 3.8) is 0 Å². The van der Waals surface area contributed by atoms with Crippen LogP contribution in [0.5, 0.6) is 0 Å². The summed E-state index contributed by atoms with van der Waals surface area (Å²) in [6.07, 6.45) is 3.64. The number of aromatic nitrogens is 2. The average Bonchev–Trinajstić information content (AvgIpc) is 2.96. The first kappa shape index (κ1) is 14.6. The van der Waals surface area contributed by atoms with E-state index in [0.29, 0.717) is 17.5 Å². The second kappa shape index (κ2) is 6.62. The van der Waals surface area contributed by atoms with Crippen molar-refractivity contribution in [3.05, 3.63) is 41.5 Å². The molecule has 1 aromatic carbocycles. The molecule has 1 N–H and O–H groups in total. The lowest BCUT2D eigenvalue weighted by molar-refractivity contribution is 0.0908. The SMILES string of the molecule is Cc1ccccc1SCc1noc(C2CCCCC2O)n1. The van der Waals surface area contributed by atoms with Crippen molar-refractivity contribution in [2.45, 2.75) is 55.3 Å². The number of nitrogens with zero attached hydrogens (tertiary/aromatic N) is 2. The summed E-state index contributed by atoms with van der Waals surface area (Å²) >= 11 is 1.71. The number of aliphatic hydroxyl groups excluding tert-OH is 1. The molecular weight excluding hydrogens is 284 g/mol. The van der Waals surface area contributed by atoms with Crippen molar-refractivity contribution < 1.29 is 9.63 Å². The molecule has 1 heterocycles. The summed E-state index contributed by atoms with van der Waals surface area (Å²) in [4.78, 5) is 5.71. The van der Waals surface area contributed by atoms with Gasteiger partial charge >= 0.3 is 0 Å². The van der Waals surface area contributed by atoms with Crippen LogP contribution in [0.15, 0.2) is 33.7 Å². The standard InChI is InChI=1S/C16H20N2O2S/c1-11-6-2-5-9-14(11)21-10-15-17-16(20-18-15)12-7-3-4-8-13(12)19/h2,5-6,9,12-13,19H,3-4,7-8,10H2,1H3. The Morgan fingerprint density at radius 1 is 1.29 bits per heavy atom. The first-order chi connectivity index (χ1) is 10.2. The minimum atomic E-state index is -0.337. The Morgan fingerprint density at radius 3 is 2.90 bits per heavy atom. The molecule has 4 nitrogen and oxygen atoms in total. The highest BCUT2D eigenvalue weighted by Gasteiger charge is 2.29. The van der Waals surface area contributed by atoms with E-state index in [1.807, 2.05) is 12.1 Å². The summed E-state index contributed by atoms with van der Waals surface area (Å²) in [6.45, 7) is 2.10. The minimum absolute atomic E-state index is 0.0171. The highest BCUT2D eigenvalue weighted by atomic mass is 32.2. The molecule has 0 bridgehead atoms. The van der Waals surface area contributed by atoms with Crippen LogP contribution in [0.4, 0.5) is 0 Å². The quantitative estimate of drug-likeness (QED) is 0.873. The van der Waals surface area contributed by atoms with Gasteiger partial charge in [0.1, 0.15) is 0 Å². The summed E-state index contributed by atoms with van der Waals surface area (Å²) in [7, 11) is 0. The van der Waals surface area contributed by atoms with Gasteiger partial charge in [-0.05, 0) is 31.4 Å². The van der Waals surface area contributed by atoms with Crippen LogP contribution in [-0.4, -0.2) is 21.4 Å². The molecule has 1 saturated carbocycles. The third-order valence-electron chi connectivity index (χ3n) is 3.98. The molecule has 112 valence electrons. The molecule has 0 amide bonds. The summed E-state index contributed by atoms with van der Waals surface area (Å²) < 4.78 is 5.36. The number of thioether (sulfide) groups is 1. The maximum atomic E-state index is 10.0. The van der Waals surface area contributed by atoms with E-state index in [0.717, 1.165) is 25.7 Å². The van der Waals surface area contributed by atoms with E-state index in [1.165, 1.54) is 10.5 Å². The number of hydrogen-bond donors (Lipinski definition) is 1. The van der Waals surface area contributed by atoms with E-state index in [1.54, 1.807) is 11.8 Å². The zero-order valence-corrected chi connectivity index (χ0v) is 13.0. The van der Waals surface area contributed by atoms with E-state index in [9.17, 15) is 5.11 Å². The summed E-state index contributed by atoms with van der Waals surface area (Å²) in [6, 6.07) is 8.28. The average molecular weight is 304 g/mol. The van der Waals surface area contributed by atoms with Gasteiger partial charge < -0.3 is 9.63 Å². The van der Waals surface area contributed by atoms with Gasteiger partial charge in [0, 0.05) is 4.90 Å². The number of hydrogen-bond acceptors (Lipinski definition) is 5. The van der Waals surface area contributed by atoms with Crippen LogP contribution in [0.1, 0.15) is 48.9 Å². The number of aliphatic hydroxyl groups is 1. The lowest BCUT2D eigenvalue weighted by Gasteiger charge is -2.24. The molecule has 2 aromatic rings. The second-order valence-corrected chi connectivity index (χ2v) is 6.58. The second-order valence-electron chi connectivity index (χ2n) is 5.56. The van der Waals surface area contributed by atoms with Crippen molar-refractivity contribution in [2.75, 3.05) is 0 Å². The Morgan fingerprint density at radius 2 is 2.10 bits per heavy atom. The molecule has 0 saturated heterocycles. The molecule has 1 aromatic heterocycles. The Kier molecular flexibility index (Phi) is 4.60. The first-order valence-corrected chi connectivity index (χ1v) is 8.41. The molecule has 21 heavy (non-hydrogen) atoms. The van der Waals surface area contributed by atoms with Crippen LogP contribution in [0, 0.1) is 6.92 Å². The lowest BCUT2D eigenvalue weighted by atomic mass is 9.86. The predicted molar refractivity (Wildman–Crippen MR) is 82.3 cm³/mol. The van der Waals surface area contributed by atoms with Gasteiger partial charge in [-0.3, -0.25) is 0 Å². The molecule has 2 unspecified atom stereocenters. The number of rotatable bonds is 4. The molecular formula is C16H20N2O2S. The van der Waals surface area contributed by atoms with Gasteiger partial charge in [-0.2, -0.15) is 4.98 Å². The normalized spacial score (nSPS) is 22.4. The fourth-order valence-electron chi connectivity index (χ4n) is 2.74. The fourth-order valence-corrected chi connectivity index (χ4v) is 3.61. The van der Waals surface area contributed by atoms with Crippen molar-refractivity contribution in [3.8, 4) is 0 Å². The molecule has 3 rings (SSSR count). The summed E-state index contributed by atoms with van der Waals surface area (Å²) in [5, 5.41) is 14.1. The topological polar surface area (TPSA) is 59.2 Å². The fraction of sp³-hybridized carbons (Fsp3) is 0.500. The van der Waals surface area contributed by atoms with Crippen LogP contribution < -0.4 is 0 Å². The van der Waals surface area contributed by atoms with Crippen molar-refractivity contribution in [2.24, 2.45) is 0 Å². The number of benzene rings is 1. The molecule has 1 aliphatic carbocycles. The van der Waals surface area contributed by atoms with Crippen LogP contribution in [0.25, 0.3) is 0 Å². The zero-order chi connectivity index (χ0) is 14.7. The largest absolute Gasteiger partial charge is 0.392 e. The van der Waals surface area contributed by atoms with E-state index in [4.69, 9.17) is 4.52 Å². The summed E-state index contributed by atoms with van der Waals surface area (Å²) in [5.41, 5.74) is 1.26. The third kappa shape index (κ3) is 3.47. The Labute approximate surface area is 129 Å². The smallest absolute Gasteiger partial charge is 0.232 e. The highest BCUT2D eigenvalue weighted by Crippen LogP contribution is 2.32. The number of aryl methyl sites for hydroxylation is 1. The van der Waals surface area contributed by atoms with Gasteiger partial charge in [0.25, 0.3) is 0 Å². The molecule has 5 heteroatoms. The molecule has 0 aliphatic heterocycles. The first-order valence-electron chi connectivity index (χ1n) is 7.43. The van der Waals surface area contributed by atoms with Crippen LogP contribution in [-0.2, 0) is 5.75 Å². The van der Waals surface area contributed by atoms with Gasteiger partial charge in [-0.25, -0.2) is 0 Å². The molecule has 1 fully saturated rings. The predicted octanol–water partition coefficient (Wildman–Crippen LogP) is 3.69. The van der Waals surface area contributed by atoms with E-state index < -0.39 is 0 Å². The van der Waals surface area contributed by atoms with Crippen molar-refractivity contribution >= 4 is 11.8 Å². The Hall–Kier alpha value is -1.33. The molecule has 2 atom stereocenters. The molecule has 0 radical (unpaired) electrons. The van der Waals surface area contributed by atoms with E-state index >= 15 is 0 Å². The van der Waals surface area contributed by atoms with Gasteiger partial charge in [0.2, 0.25) is 5.89 Å².